The van der Waals surface area contributed by atoms with Crippen molar-refractivity contribution in [2.75, 3.05) is 31.1 Å². The molecule has 5 nitrogen and oxygen atoms in total. The fourth-order valence-corrected chi connectivity index (χ4v) is 2.63. The smallest absolute Gasteiger partial charge is 0.242 e. The van der Waals surface area contributed by atoms with Crippen LogP contribution >= 0.6 is 0 Å². The Kier molecular flexibility index (Phi) is 5.10. The standard InChI is InChI=1S/C15H20N4O/c16-8-10-19(13-5-2-1-3-6-13)15(20)12-18-9-4-7-14(18)11-17/h1-3,5-6,14H,4,7,9-12,17H2. The van der Waals surface area contributed by atoms with Crippen molar-refractivity contribution in [3.8, 4) is 6.07 Å². The van der Waals surface area contributed by atoms with Crippen molar-refractivity contribution in [3.63, 3.8) is 0 Å². The lowest BCUT2D eigenvalue weighted by Gasteiger charge is -2.26. The molecule has 1 saturated heterocycles. The Labute approximate surface area is 119 Å². The quantitative estimate of drug-likeness (QED) is 0.810. The zero-order chi connectivity index (χ0) is 14.4. The van der Waals surface area contributed by atoms with Crippen LogP contribution in [0.1, 0.15) is 12.8 Å². The molecule has 1 aromatic carbocycles. The van der Waals surface area contributed by atoms with Gasteiger partial charge >= 0.3 is 0 Å². The van der Waals surface area contributed by atoms with E-state index >= 15 is 0 Å². The number of nitriles is 1. The highest BCUT2D eigenvalue weighted by Gasteiger charge is 2.27. The molecular formula is C15H20N4O. The van der Waals surface area contributed by atoms with Crippen molar-refractivity contribution in [3.05, 3.63) is 30.3 Å². The lowest BCUT2D eigenvalue weighted by Crippen LogP contribution is -2.44. The van der Waals surface area contributed by atoms with Gasteiger partial charge < -0.3 is 5.73 Å². The summed E-state index contributed by atoms with van der Waals surface area (Å²) in [6.45, 7) is 1.89. The number of para-hydroxylation sites is 1. The van der Waals surface area contributed by atoms with Crippen LogP contribution in [0.4, 0.5) is 5.69 Å². The van der Waals surface area contributed by atoms with Gasteiger partial charge in [-0.2, -0.15) is 5.26 Å². The number of rotatable bonds is 5. The fourth-order valence-electron chi connectivity index (χ4n) is 2.63. The van der Waals surface area contributed by atoms with Gasteiger partial charge in [-0.1, -0.05) is 18.2 Å². The first kappa shape index (κ1) is 14.5. The molecule has 1 unspecified atom stereocenters. The highest BCUT2D eigenvalue weighted by molar-refractivity contribution is 5.95. The maximum absolute atomic E-state index is 12.4. The van der Waals surface area contributed by atoms with Gasteiger partial charge in [0.25, 0.3) is 0 Å². The van der Waals surface area contributed by atoms with Gasteiger partial charge in [-0.05, 0) is 31.5 Å². The molecule has 1 aromatic rings. The summed E-state index contributed by atoms with van der Waals surface area (Å²) in [5, 5.41) is 8.93. The Balaban J connectivity index is 2.06. The number of benzene rings is 1. The Morgan fingerprint density at radius 3 is 2.85 bits per heavy atom. The van der Waals surface area contributed by atoms with Crippen molar-refractivity contribution in [2.24, 2.45) is 5.73 Å². The summed E-state index contributed by atoms with van der Waals surface area (Å²) in [6.07, 6.45) is 2.13. The predicted molar refractivity (Wildman–Crippen MR) is 78.1 cm³/mol. The number of hydrogen-bond acceptors (Lipinski definition) is 4. The first-order valence-electron chi connectivity index (χ1n) is 6.92. The second-order valence-corrected chi connectivity index (χ2v) is 4.98. The summed E-state index contributed by atoms with van der Waals surface area (Å²) in [4.78, 5) is 16.1. The number of anilines is 1. The molecule has 1 heterocycles. The summed E-state index contributed by atoms with van der Waals surface area (Å²) in [7, 11) is 0. The lowest BCUT2D eigenvalue weighted by atomic mass is 10.2. The minimum Gasteiger partial charge on any atom is -0.329 e. The number of hydrogen-bond donors (Lipinski definition) is 1. The monoisotopic (exact) mass is 272 g/mol. The van der Waals surface area contributed by atoms with Crippen molar-refractivity contribution < 1.29 is 4.79 Å². The largest absolute Gasteiger partial charge is 0.329 e. The molecule has 20 heavy (non-hydrogen) atoms. The van der Waals surface area contributed by atoms with Crippen LogP contribution in [-0.4, -0.2) is 43.0 Å². The molecule has 1 aliphatic heterocycles. The lowest BCUT2D eigenvalue weighted by molar-refractivity contribution is -0.119. The van der Waals surface area contributed by atoms with Crippen molar-refractivity contribution in [2.45, 2.75) is 18.9 Å². The summed E-state index contributed by atoms with van der Waals surface area (Å²) in [5.74, 6) is -0.0434. The van der Waals surface area contributed by atoms with Crippen LogP contribution < -0.4 is 10.6 Å². The second-order valence-electron chi connectivity index (χ2n) is 4.98. The topological polar surface area (TPSA) is 73.4 Å². The average molecular weight is 272 g/mol. The molecule has 0 aliphatic carbocycles. The van der Waals surface area contributed by atoms with E-state index < -0.39 is 0 Å². The predicted octanol–water partition coefficient (Wildman–Crippen LogP) is 0.966. The molecule has 1 fully saturated rings. The zero-order valence-electron chi connectivity index (χ0n) is 11.5. The number of carbonyl (C=O) groups excluding carboxylic acids is 1. The molecular weight excluding hydrogens is 252 g/mol. The summed E-state index contributed by atoms with van der Waals surface area (Å²) < 4.78 is 0. The SMILES string of the molecule is N#CCN(C(=O)CN1CCCC1CN)c1ccccc1. The third kappa shape index (κ3) is 3.35. The number of amides is 1. The Morgan fingerprint density at radius 2 is 2.20 bits per heavy atom. The van der Waals surface area contributed by atoms with Crippen molar-refractivity contribution >= 4 is 11.6 Å². The molecule has 2 rings (SSSR count). The van der Waals surface area contributed by atoms with Crippen molar-refractivity contribution in [1.29, 1.82) is 5.26 Å². The van der Waals surface area contributed by atoms with Crippen LogP contribution in [0.25, 0.3) is 0 Å². The van der Waals surface area contributed by atoms with Crippen LogP contribution in [0.15, 0.2) is 30.3 Å². The molecule has 0 aromatic heterocycles. The first-order valence-corrected chi connectivity index (χ1v) is 6.92. The molecule has 2 N–H and O–H groups in total. The van der Waals surface area contributed by atoms with E-state index in [0.717, 1.165) is 25.1 Å². The molecule has 0 spiro atoms. The van der Waals surface area contributed by atoms with Gasteiger partial charge in [-0.15, -0.1) is 0 Å². The number of nitrogens with zero attached hydrogens (tertiary/aromatic N) is 3. The highest BCUT2D eigenvalue weighted by atomic mass is 16.2. The van der Waals surface area contributed by atoms with E-state index in [4.69, 9.17) is 11.0 Å². The molecule has 1 aliphatic rings. The maximum atomic E-state index is 12.4. The van der Waals surface area contributed by atoms with Crippen LogP contribution in [0.3, 0.4) is 0 Å². The fraction of sp³-hybridized carbons (Fsp3) is 0.467. The minimum atomic E-state index is -0.0434. The molecule has 1 atom stereocenters. The summed E-state index contributed by atoms with van der Waals surface area (Å²) in [6, 6.07) is 11.7. The van der Waals surface area contributed by atoms with Gasteiger partial charge in [0.15, 0.2) is 0 Å². The normalized spacial score (nSPS) is 18.7. The van der Waals surface area contributed by atoms with Gasteiger partial charge in [-0.25, -0.2) is 0 Å². The molecule has 5 heteroatoms. The Morgan fingerprint density at radius 1 is 1.45 bits per heavy atom. The number of nitrogens with two attached hydrogens (primary N) is 1. The van der Waals surface area contributed by atoms with Crippen LogP contribution in [0.2, 0.25) is 0 Å². The summed E-state index contributed by atoms with van der Waals surface area (Å²) >= 11 is 0. The molecule has 0 bridgehead atoms. The van der Waals surface area contributed by atoms with E-state index in [1.807, 2.05) is 30.3 Å². The molecule has 0 radical (unpaired) electrons. The zero-order valence-corrected chi connectivity index (χ0v) is 11.5. The van der Waals surface area contributed by atoms with Crippen molar-refractivity contribution in [1.82, 2.24) is 4.90 Å². The average Bonchev–Trinajstić information content (AvgIpc) is 2.92. The highest BCUT2D eigenvalue weighted by Crippen LogP contribution is 2.18. The maximum Gasteiger partial charge on any atom is 0.242 e. The Bertz CT molecular complexity index is 482. The van der Waals surface area contributed by atoms with E-state index in [1.165, 1.54) is 4.90 Å². The van der Waals surface area contributed by atoms with Gasteiger partial charge in [0.05, 0.1) is 12.6 Å². The molecule has 1 amide bonds. The molecule has 0 saturated carbocycles. The second kappa shape index (κ2) is 7.04. The number of carbonyl (C=O) groups is 1. The van der Waals surface area contributed by atoms with Gasteiger partial charge in [-0.3, -0.25) is 14.6 Å². The van der Waals surface area contributed by atoms with E-state index in [-0.39, 0.29) is 12.5 Å². The minimum absolute atomic E-state index is 0.0434. The third-order valence-corrected chi connectivity index (χ3v) is 3.71. The summed E-state index contributed by atoms with van der Waals surface area (Å²) in [5.41, 5.74) is 6.49. The van der Waals surface area contributed by atoms with E-state index in [9.17, 15) is 4.79 Å². The van der Waals surface area contributed by atoms with Crippen LogP contribution in [0.5, 0.6) is 0 Å². The molecule has 106 valence electrons. The van der Waals surface area contributed by atoms with E-state index in [2.05, 4.69) is 11.0 Å². The Hall–Kier alpha value is -1.90. The number of likely N-dealkylation sites (tertiary alicyclic amines) is 1. The van der Waals surface area contributed by atoms with Gasteiger partial charge in [0.1, 0.15) is 6.54 Å². The van der Waals surface area contributed by atoms with E-state index in [0.29, 0.717) is 19.1 Å². The van der Waals surface area contributed by atoms with Crippen LogP contribution in [0, 0.1) is 11.3 Å². The van der Waals surface area contributed by atoms with Crippen LogP contribution in [-0.2, 0) is 4.79 Å². The van der Waals surface area contributed by atoms with E-state index in [1.54, 1.807) is 0 Å². The van der Waals surface area contributed by atoms with Gasteiger partial charge in [0.2, 0.25) is 5.91 Å². The third-order valence-electron chi connectivity index (χ3n) is 3.71. The first-order chi connectivity index (χ1) is 9.76. The van der Waals surface area contributed by atoms with Gasteiger partial charge in [0, 0.05) is 18.3 Å².